The lowest BCUT2D eigenvalue weighted by Gasteiger charge is -2.27. The van der Waals surface area contributed by atoms with Crippen LogP contribution in [0.3, 0.4) is 0 Å². The van der Waals surface area contributed by atoms with Crippen LogP contribution in [0.5, 0.6) is 5.75 Å². The highest BCUT2D eigenvalue weighted by Crippen LogP contribution is 2.49. The zero-order chi connectivity index (χ0) is 38.3. The lowest BCUT2D eigenvalue weighted by atomic mass is 9.93. The molecule has 5 heteroatoms. The highest BCUT2D eigenvalue weighted by molar-refractivity contribution is 7.80. The molecule has 0 radical (unpaired) electrons. The molecule has 10 aromatic carbocycles. The van der Waals surface area contributed by atoms with Gasteiger partial charge in [0.15, 0.2) is 8.15 Å². The molecule has 0 spiro atoms. The molecule has 1 nitrogen and oxygen atoms in total. The zero-order valence-corrected chi connectivity index (χ0v) is 32.5. The van der Waals surface area contributed by atoms with Crippen LogP contribution in [-0.2, 0) is 0 Å². The second-order valence-electron chi connectivity index (χ2n) is 14.1. The van der Waals surface area contributed by atoms with Crippen molar-refractivity contribution in [1.29, 1.82) is 0 Å². The predicted molar refractivity (Wildman–Crippen MR) is 240 cm³/mol. The van der Waals surface area contributed by atoms with Crippen LogP contribution < -0.4 is 31.0 Å². The van der Waals surface area contributed by atoms with E-state index >= 15 is 0 Å². The van der Waals surface area contributed by atoms with Gasteiger partial charge in [-0.15, -0.1) is 0 Å². The van der Waals surface area contributed by atoms with E-state index in [0.717, 1.165) is 43.3 Å². The predicted octanol–water partition coefficient (Wildman–Crippen LogP) is 12.4. The molecule has 0 fully saturated rings. The van der Waals surface area contributed by atoms with Gasteiger partial charge in [-0.3, -0.25) is 0 Å². The molecule has 0 N–H and O–H groups in total. The van der Waals surface area contributed by atoms with Crippen molar-refractivity contribution in [2.24, 2.45) is 0 Å². The summed E-state index contributed by atoms with van der Waals surface area (Å²) in [6.45, 7) is 0. The minimum Gasteiger partial charge on any atom is -0.464 e. The molecule has 0 atom stereocenters. The number of rotatable bonds is 8. The van der Waals surface area contributed by atoms with Crippen LogP contribution in [-0.4, -0.2) is 0 Å². The molecule has 0 aromatic heterocycles. The fraction of sp³-hybridized carbons (Fsp3) is 0. The van der Waals surface area contributed by atoms with E-state index < -0.39 is 16.1 Å². The van der Waals surface area contributed by atoms with Crippen LogP contribution >= 0.6 is 16.1 Å². The van der Waals surface area contributed by atoms with Gasteiger partial charge in [0.05, 0.1) is 0 Å². The molecule has 10 rings (SSSR count). The third-order valence-electron chi connectivity index (χ3n) is 10.6. The smallest absolute Gasteiger partial charge is 0.150 e. The van der Waals surface area contributed by atoms with Gasteiger partial charge in [0.2, 0.25) is 0 Å². The van der Waals surface area contributed by atoms with E-state index in [9.17, 15) is 8.78 Å². The molecule has 0 heterocycles. The highest BCUT2D eigenvalue weighted by Gasteiger charge is 2.27. The highest BCUT2D eigenvalue weighted by atomic mass is 31.1. The summed E-state index contributed by atoms with van der Waals surface area (Å²) in [5.41, 5.74) is 2.10. The lowest BCUT2D eigenvalue weighted by Crippen LogP contribution is -2.23. The maximum atomic E-state index is 14.3. The topological polar surface area (TPSA) is 9.23 Å². The van der Waals surface area contributed by atoms with Gasteiger partial charge in [-0.05, 0) is 134 Å². The Kier molecular flexibility index (Phi) is 9.27. The number of fused-ring (bicyclic) bond motifs is 4. The molecule has 0 unspecified atom stereocenters. The van der Waals surface area contributed by atoms with Gasteiger partial charge >= 0.3 is 0 Å². The molecule has 0 amide bonds. The normalized spacial score (nSPS) is 11.6. The summed E-state index contributed by atoms with van der Waals surface area (Å²) in [6, 6.07) is 69.6. The fourth-order valence-corrected chi connectivity index (χ4v) is 12.1. The number of hydrogen-bond acceptors (Lipinski definition) is 1. The van der Waals surface area contributed by atoms with E-state index in [-0.39, 0.29) is 11.6 Å². The maximum Gasteiger partial charge on any atom is 0.150 e. The van der Waals surface area contributed by atoms with Crippen LogP contribution in [0.2, 0.25) is 0 Å². The van der Waals surface area contributed by atoms with Gasteiger partial charge in [-0.1, -0.05) is 140 Å². The number of halogens is 2. The van der Waals surface area contributed by atoms with Crippen molar-refractivity contribution in [2.75, 3.05) is 0 Å². The molecule has 0 aliphatic carbocycles. The molecular formula is C52H34F2OP2. The van der Waals surface area contributed by atoms with Crippen LogP contribution in [0.15, 0.2) is 206 Å². The number of benzene rings is 10. The number of hydrogen-bond donors (Lipinski definition) is 0. The lowest BCUT2D eigenvalue weighted by molar-refractivity contribution is 0.625. The summed E-state index contributed by atoms with van der Waals surface area (Å²) in [6.07, 6.45) is 0. The first kappa shape index (κ1) is 35.2. The van der Waals surface area contributed by atoms with E-state index in [0.29, 0.717) is 5.75 Å². The average molecular weight is 775 g/mol. The first-order valence-corrected chi connectivity index (χ1v) is 21.5. The minimum atomic E-state index is -1.54. The Hall–Kier alpha value is -6.24. The van der Waals surface area contributed by atoms with Crippen LogP contribution in [0, 0.1) is 11.6 Å². The SMILES string of the molecule is Fc1ccc(P(Oc2ccc3ccccc3c2-c2c(P(c3ccc4ccccc4c3)c3ccc4ccccc4c3)ccc3ccccc23)c2ccc(F)cc2)cc1. The van der Waals surface area contributed by atoms with Crippen LogP contribution in [0.25, 0.3) is 54.2 Å². The van der Waals surface area contributed by atoms with Gasteiger partial charge in [0.1, 0.15) is 17.4 Å². The van der Waals surface area contributed by atoms with Crippen molar-refractivity contribution in [2.45, 2.75) is 0 Å². The summed E-state index contributed by atoms with van der Waals surface area (Å²) < 4.78 is 36.0. The summed E-state index contributed by atoms with van der Waals surface area (Å²) in [4.78, 5) is 0. The van der Waals surface area contributed by atoms with Gasteiger partial charge < -0.3 is 4.52 Å². The van der Waals surface area contributed by atoms with E-state index in [1.807, 2.05) is 0 Å². The van der Waals surface area contributed by atoms with Crippen molar-refractivity contribution < 1.29 is 13.3 Å². The van der Waals surface area contributed by atoms with Gasteiger partial charge in [-0.2, -0.15) is 0 Å². The van der Waals surface area contributed by atoms with Gasteiger partial charge in [0.25, 0.3) is 0 Å². The largest absolute Gasteiger partial charge is 0.464 e. The Morgan fingerprint density at radius 1 is 0.333 bits per heavy atom. The third-order valence-corrected chi connectivity index (χ3v) is 14.9. The van der Waals surface area contributed by atoms with Crippen LogP contribution in [0.1, 0.15) is 0 Å². The van der Waals surface area contributed by atoms with Crippen LogP contribution in [0.4, 0.5) is 8.78 Å². The maximum absolute atomic E-state index is 14.3. The molecule has 0 aliphatic heterocycles. The molecule has 0 saturated heterocycles. The Bertz CT molecular complexity index is 2960. The van der Waals surface area contributed by atoms with Crippen molar-refractivity contribution >= 4 is 85.7 Å². The van der Waals surface area contributed by atoms with E-state index in [1.54, 1.807) is 24.3 Å². The van der Waals surface area contributed by atoms with Gasteiger partial charge in [-0.25, -0.2) is 8.78 Å². The molecule has 0 bridgehead atoms. The quantitative estimate of drug-likeness (QED) is 0.140. The second-order valence-corrected chi connectivity index (χ2v) is 18.1. The first-order valence-electron chi connectivity index (χ1n) is 18.9. The summed E-state index contributed by atoms with van der Waals surface area (Å²) in [5, 5.41) is 14.6. The molecule has 10 aromatic rings. The van der Waals surface area contributed by atoms with Crippen molar-refractivity contribution in [3.05, 3.63) is 218 Å². The standard InChI is InChI=1S/C52H34F2OP2/c53-41-21-27-43(28-22-41)57(44-29-23-42(54)24-30-44)55-49-31-19-37-11-5-7-15-47(37)51(49)52-48-16-8-6-12-38(48)20-32-50(52)56(45-25-17-35-9-1-3-13-39(35)33-45)46-26-18-36-10-2-4-14-40(36)34-46/h1-34H. The Balaban J connectivity index is 1.27. The van der Waals surface area contributed by atoms with Crippen molar-refractivity contribution in [1.82, 2.24) is 0 Å². The minimum absolute atomic E-state index is 0.324. The van der Waals surface area contributed by atoms with E-state index in [1.165, 1.54) is 61.7 Å². The summed E-state index contributed by atoms with van der Waals surface area (Å²) in [7, 11) is -2.66. The molecule has 57 heavy (non-hydrogen) atoms. The Morgan fingerprint density at radius 2 is 0.737 bits per heavy atom. The van der Waals surface area contributed by atoms with Gasteiger partial charge in [0, 0.05) is 21.7 Å². The van der Waals surface area contributed by atoms with Crippen molar-refractivity contribution in [3.63, 3.8) is 0 Å². The van der Waals surface area contributed by atoms with E-state index in [2.05, 4.69) is 158 Å². The molecule has 272 valence electrons. The Morgan fingerprint density at radius 3 is 1.26 bits per heavy atom. The third kappa shape index (κ3) is 6.74. The van der Waals surface area contributed by atoms with E-state index in [4.69, 9.17) is 4.52 Å². The second kappa shape index (κ2) is 15.0. The zero-order valence-electron chi connectivity index (χ0n) is 30.7. The molecule has 0 aliphatic rings. The first-order chi connectivity index (χ1) is 28.1. The monoisotopic (exact) mass is 774 g/mol. The average Bonchev–Trinajstić information content (AvgIpc) is 3.26. The summed E-state index contributed by atoms with van der Waals surface area (Å²) in [5.74, 6) is 0.0590. The summed E-state index contributed by atoms with van der Waals surface area (Å²) >= 11 is 0. The molecule has 0 saturated carbocycles. The Labute approximate surface area is 332 Å². The molecular weight excluding hydrogens is 741 g/mol. The van der Waals surface area contributed by atoms with Crippen molar-refractivity contribution in [3.8, 4) is 16.9 Å². The fourth-order valence-electron chi connectivity index (χ4n) is 7.86.